The van der Waals surface area contributed by atoms with Crippen LogP contribution in [-0.4, -0.2) is 40.2 Å². The normalized spacial score (nSPS) is 11.4. The summed E-state index contributed by atoms with van der Waals surface area (Å²) >= 11 is 0. The first-order chi connectivity index (χ1) is 9.74. The van der Waals surface area contributed by atoms with Crippen LogP contribution in [-0.2, 0) is 0 Å². The van der Waals surface area contributed by atoms with E-state index < -0.39 is 0 Å². The molecule has 0 fully saturated rings. The number of H-pyrrole nitrogens is 2. The monoisotopic (exact) mass is 268 g/mol. The Balaban J connectivity index is 2.18. The largest absolute Gasteiger partial charge is 0.348 e. The van der Waals surface area contributed by atoms with E-state index in [1.165, 1.54) is 4.52 Å². The number of nitrogens with zero attached hydrogens (tertiary/aromatic N) is 6. The van der Waals surface area contributed by atoms with E-state index in [-0.39, 0.29) is 11.5 Å². The maximum Gasteiger partial charge on any atom is 0.348 e. The second kappa shape index (κ2) is 3.70. The van der Waals surface area contributed by atoms with Crippen LogP contribution in [0, 0.1) is 6.92 Å². The number of aromatic amines is 2. The van der Waals surface area contributed by atoms with Crippen LogP contribution in [0.15, 0.2) is 23.0 Å². The number of nitrogens with one attached hydrogen (secondary N) is 2. The third-order valence-electron chi connectivity index (χ3n) is 3.09. The Morgan fingerprint density at radius 2 is 2.20 bits per heavy atom. The van der Waals surface area contributed by atoms with Crippen molar-refractivity contribution in [3.8, 4) is 11.6 Å². The molecular formula is C11H8N8O. The summed E-state index contributed by atoms with van der Waals surface area (Å²) in [6, 6.07) is 5.65. The summed E-state index contributed by atoms with van der Waals surface area (Å²) in [4.78, 5) is 19.2. The van der Waals surface area contributed by atoms with Gasteiger partial charge in [0.25, 0.3) is 0 Å². The van der Waals surface area contributed by atoms with Crippen LogP contribution in [0.3, 0.4) is 0 Å². The molecule has 9 nitrogen and oxygen atoms in total. The van der Waals surface area contributed by atoms with E-state index in [0.717, 1.165) is 16.5 Å². The highest BCUT2D eigenvalue weighted by molar-refractivity contribution is 5.94. The first-order valence-corrected chi connectivity index (χ1v) is 5.86. The van der Waals surface area contributed by atoms with Crippen molar-refractivity contribution in [2.24, 2.45) is 0 Å². The van der Waals surface area contributed by atoms with Crippen molar-refractivity contribution in [3.63, 3.8) is 0 Å². The molecule has 0 aliphatic carbocycles. The molecule has 0 saturated heterocycles. The second-order valence-corrected chi connectivity index (χ2v) is 4.35. The number of fused-ring (bicyclic) bond motifs is 3. The van der Waals surface area contributed by atoms with E-state index in [1.54, 1.807) is 0 Å². The average Bonchev–Trinajstić information content (AvgIpc) is 3.08. The van der Waals surface area contributed by atoms with Crippen LogP contribution < -0.4 is 5.69 Å². The molecule has 0 amide bonds. The lowest BCUT2D eigenvalue weighted by Crippen LogP contribution is -2.17. The van der Waals surface area contributed by atoms with Gasteiger partial charge >= 0.3 is 5.69 Å². The Bertz CT molecular complexity index is 981. The fraction of sp³-hybridized carbons (Fsp3) is 0.0909. The summed E-state index contributed by atoms with van der Waals surface area (Å²) in [5, 5.41) is 18.3. The summed E-state index contributed by atoms with van der Waals surface area (Å²) in [5.41, 5.74) is 1.84. The molecule has 3 heterocycles. The Kier molecular flexibility index (Phi) is 1.99. The molecule has 4 rings (SSSR count). The minimum Gasteiger partial charge on any atom is -0.305 e. The molecule has 0 saturated carbocycles. The summed E-state index contributed by atoms with van der Waals surface area (Å²) in [7, 11) is 0. The van der Waals surface area contributed by atoms with Gasteiger partial charge in [-0.05, 0) is 29.0 Å². The molecule has 2 N–H and O–H groups in total. The first-order valence-electron chi connectivity index (χ1n) is 5.86. The van der Waals surface area contributed by atoms with Crippen LogP contribution in [0.1, 0.15) is 5.56 Å². The number of tetrazole rings is 1. The van der Waals surface area contributed by atoms with Gasteiger partial charge < -0.3 is 4.98 Å². The number of aromatic nitrogens is 8. The van der Waals surface area contributed by atoms with Crippen LogP contribution in [0.4, 0.5) is 0 Å². The van der Waals surface area contributed by atoms with Crippen molar-refractivity contribution in [3.05, 3.63) is 34.2 Å². The molecule has 0 unspecified atom stereocenters. The van der Waals surface area contributed by atoms with Gasteiger partial charge in [0, 0.05) is 5.39 Å². The van der Waals surface area contributed by atoms with Gasteiger partial charge in [0.2, 0.25) is 11.6 Å². The quantitative estimate of drug-likeness (QED) is 0.504. The number of hydrogen-bond donors (Lipinski definition) is 2. The second-order valence-electron chi connectivity index (χ2n) is 4.35. The Labute approximate surface area is 110 Å². The van der Waals surface area contributed by atoms with Gasteiger partial charge in [0.15, 0.2) is 5.65 Å². The first kappa shape index (κ1) is 10.8. The highest BCUT2D eigenvalue weighted by atomic mass is 16.1. The Morgan fingerprint density at radius 1 is 1.30 bits per heavy atom. The lowest BCUT2D eigenvalue weighted by atomic mass is 10.1. The summed E-state index contributed by atoms with van der Waals surface area (Å²) in [5.74, 6) is 0.589. The van der Waals surface area contributed by atoms with Gasteiger partial charge in [-0.15, -0.1) is 10.2 Å². The molecule has 0 aliphatic rings. The molecule has 0 atom stereocenters. The SMILES string of the molecule is Cc1cccc2[nH]c(=O)n3nc(-c4nnn[nH]4)nc3c12. The van der Waals surface area contributed by atoms with Crippen molar-refractivity contribution in [2.75, 3.05) is 0 Å². The molecule has 4 aromatic rings. The molecule has 20 heavy (non-hydrogen) atoms. The minimum atomic E-state index is -0.357. The molecular weight excluding hydrogens is 260 g/mol. The fourth-order valence-electron chi connectivity index (χ4n) is 2.21. The molecule has 0 spiro atoms. The molecule has 0 radical (unpaired) electrons. The van der Waals surface area contributed by atoms with Gasteiger partial charge in [0.1, 0.15) is 0 Å². The Hall–Kier alpha value is -3.10. The van der Waals surface area contributed by atoms with Gasteiger partial charge in [-0.2, -0.15) is 4.52 Å². The van der Waals surface area contributed by atoms with Gasteiger partial charge in [-0.25, -0.2) is 14.9 Å². The third-order valence-corrected chi connectivity index (χ3v) is 3.09. The maximum atomic E-state index is 12.0. The zero-order chi connectivity index (χ0) is 13.7. The number of hydrogen-bond acceptors (Lipinski definition) is 6. The third kappa shape index (κ3) is 1.37. The zero-order valence-electron chi connectivity index (χ0n) is 10.3. The number of benzene rings is 1. The van der Waals surface area contributed by atoms with Crippen molar-refractivity contribution >= 4 is 16.6 Å². The van der Waals surface area contributed by atoms with Gasteiger partial charge in [-0.3, -0.25) is 0 Å². The summed E-state index contributed by atoms with van der Waals surface area (Å²) in [6.45, 7) is 1.95. The van der Waals surface area contributed by atoms with Crippen molar-refractivity contribution in [2.45, 2.75) is 6.92 Å². The minimum absolute atomic E-state index is 0.274. The summed E-state index contributed by atoms with van der Waals surface area (Å²) in [6.07, 6.45) is 0. The Morgan fingerprint density at radius 3 is 3.00 bits per heavy atom. The fourth-order valence-corrected chi connectivity index (χ4v) is 2.21. The van der Waals surface area contributed by atoms with E-state index in [4.69, 9.17) is 0 Å². The highest BCUT2D eigenvalue weighted by Gasteiger charge is 2.15. The van der Waals surface area contributed by atoms with E-state index in [9.17, 15) is 4.79 Å². The smallest absolute Gasteiger partial charge is 0.305 e. The molecule has 3 aromatic heterocycles. The molecule has 9 heteroatoms. The molecule has 0 bridgehead atoms. The maximum absolute atomic E-state index is 12.0. The van der Waals surface area contributed by atoms with Crippen molar-refractivity contribution in [1.29, 1.82) is 0 Å². The van der Waals surface area contributed by atoms with E-state index in [1.807, 2.05) is 25.1 Å². The molecule has 1 aromatic carbocycles. The van der Waals surface area contributed by atoms with Crippen LogP contribution in [0.5, 0.6) is 0 Å². The lowest BCUT2D eigenvalue weighted by molar-refractivity contribution is 0.880. The van der Waals surface area contributed by atoms with E-state index >= 15 is 0 Å². The zero-order valence-corrected chi connectivity index (χ0v) is 10.3. The van der Waals surface area contributed by atoms with Crippen molar-refractivity contribution < 1.29 is 0 Å². The van der Waals surface area contributed by atoms with Gasteiger partial charge in [0.05, 0.1) is 5.52 Å². The predicted molar refractivity (Wildman–Crippen MR) is 69.0 cm³/mol. The predicted octanol–water partition coefficient (Wildman–Crippen LogP) is 0.0593. The standard InChI is InChI=1S/C11H8N8O/c1-5-3-2-4-6-7(5)10-13-8(9-14-17-18-15-9)16-19(10)11(20)12-6/h2-4H,1H3,(H,12,20)(H,14,15,17,18). The molecule has 0 aliphatic heterocycles. The highest BCUT2D eigenvalue weighted by Crippen LogP contribution is 2.20. The van der Waals surface area contributed by atoms with Gasteiger partial charge in [-0.1, -0.05) is 12.1 Å². The lowest BCUT2D eigenvalue weighted by Gasteiger charge is -2.01. The average molecular weight is 268 g/mol. The number of rotatable bonds is 1. The van der Waals surface area contributed by atoms with E-state index in [0.29, 0.717) is 11.5 Å². The van der Waals surface area contributed by atoms with E-state index in [2.05, 4.69) is 35.7 Å². The topological polar surface area (TPSA) is 118 Å². The summed E-state index contributed by atoms with van der Waals surface area (Å²) < 4.78 is 1.22. The van der Waals surface area contributed by atoms with Crippen molar-refractivity contribution in [1.82, 2.24) is 40.2 Å². The number of aryl methyl sites for hydroxylation is 1. The van der Waals surface area contributed by atoms with Crippen LogP contribution >= 0.6 is 0 Å². The van der Waals surface area contributed by atoms with Crippen LogP contribution in [0.25, 0.3) is 28.2 Å². The van der Waals surface area contributed by atoms with Crippen LogP contribution in [0.2, 0.25) is 0 Å². The molecule has 98 valence electrons.